The van der Waals surface area contributed by atoms with Crippen LogP contribution in [-0.2, 0) is 0 Å². The zero-order valence-corrected chi connectivity index (χ0v) is 17.7. The van der Waals surface area contributed by atoms with Crippen molar-refractivity contribution in [3.63, 3.8) is 0 Å². The summed E-state index contributed by atoms with van der Waals surface area (Å²) in [5.41, 5.74) is 2.22. The van der Waals surface area contributed by atoms with Gasteiger partial charge in [0.2, 0.25) is 0 Å². The molecule has 0 aliphatic rings. The summed E-state index contributed by atoms with van der Waals surface area (Å²) in [5.74, 6) is 1.48. The van der Waals surface area contributed by atoms with E-state index in [1.54, 1.807) is 31.4 Å². The number of rotatable bonds is 7. The van der Waals surface area contributed by atoms with E-state index >= 15 is 0 Å². The van der Waals surface area contributed by atoms with Gasteiger partial charge in [0.25, 0.3) is 0 Å². The van der Waals surface area contributed by atoms with Crippen LogP contribution in [0.1, 0.15) is 10.4 Å². The number of thioether (sulfide) groups is 1. The molecule has 0 N–H and O–H groups in total. The van der Waals surface area contributed by atoms with Gasteiger partial charge in [0.1, 0.15) is 5.75 Å². The first-order valence-corrected chi connectivity index (χ1v) is 10.6. The van der Waals surface area contributed by atoms with Gasteiger partial charge < -0.3 is 4.74 Å². The molecule has 7 heteroatoms. The third-order valence-corrected chi connectivity index (χ3v) is 5.76. The maximum atomic E-state index is 12.7. The summed E-state index contributed by atoms with van der Waals surface area (Å²) in [6, 6.07) is 24.5. The molecule has 4 rings (SSSR count). The van der Waals surface area contributed by atoms with Crippen LogP contribution < -0.4 is 4.74 Å². The Morgan fingerprint density at radius 2 is 1.67 bits per heavy atom. The molecular weight excluding hydrogens is 418 g/mol. The van der Waals surface area contributed by atoms with Gasteiger partial charge in [0, 0.05) is 11.3 Å². The fourth-order valence-corrected chi connectivity index (χ4v) is 4.15. The predicted molar refractivity (Wildman–Crippen MR) is 120 cm³/mol. The van der Waals surface area contributed by atoms with Crippen molar-refractivity contribution in [3.05, 3.63) is 89.4 Å². The van der Waals surface area contributed by atoms with Gasteiger partial charge in [0.05, 0.1) is 23.4 Å². The molecule has 0 unspecified atom stereocenters. The van der Waals surface area contributed by atoms with Crippen molar-refractivity contribution in [2.24, 2.45) is 0 Å². The highest BCUT2D eigenvalue weighted by atomic mass is 35.5. The largest absolute Gasteiger partial charge is 0.496 e. The lowest BCUT2D eigenvalue weighted by atomic mass is 10.1. The molecule has 0 spiro atoms. The van der Waals surface area contributed by atoms with E-state index in [0.717, 1.165) is 11.3 Å². The molecule has 0 aliphatic carbocycles. The Labute approximate surface area is 183 Å². The first-order valence-electron chi connectivity index (χ1n) is 9.24. The first-order chi connectivity index (χ1) is 14.7. The quantitative estimate of drug-likeness (QED) is 0.280. The Balaban J connectivity index is 1.71. The van der Waals surface area contributed by atoms with Crippen LogP contribution in [0, 0.1) is 0 Å². The van der Waals surface area contributed by atoms with Crippen molar-refractivity contribution in [1.82, 2.24) is 14.8 Å². The molecule has 0 saturated carbocycles. The van der Waals surface area contributed by atoms with Gasteiger partial charge in [-0.2, -0.15) is 0 Å². The summed E-state index contributed by atoms with van der Waals surface area (Å²) >= 11 is 7.49. The third kappa shape index (κ3) is 4.10. The van der Waals surface area contributed by atoms with Crippen molar-refractivity contribution in [2.45, 2.75) is 5.16 Å². The second-order valence-corrected chi connectivity index (χ2v) is 7.72. The maximum Gasteiger partial charge on any atom is 0.196 e. The van der Waals surface area contributed by atoms with Crippen LogP contribution >= 0.6 is 23.4 Å². The van der Waals surface area contributed by atoms with E-state index in [2.05, 4.69) is 10.2 Å². The van der Waals surface area contributed by atoms with E-state index in [9.17, 15) is 4.79 Å². The number of carbonyl (C=O) groups is 1. The Hall–Kier alpha value is -3.09. The topological polar surface area (TPSA) is 57.0 Å². The van der Waals surface area contributed by atoms with E-state index in [1.165, 1.54) is 11.8 Å². The summed E-state index contributed by atoms with van der Waals surface area (Å²) in [5, 5.41) is 9.84. The molecule has 0 radical (unpaired) electrons. The Morgan fingerprint density at radius 1 is 0.967 bits per heavy atom. The van der Waals surface area contributed by atoms with Crippen LogP contribution in [0.2, 0.25) is 5.02 Å². The predicted octanol–water partition coefficient (Wildman–Crippen LogP) is 5.57. The number of halogens is 1. The highest BCUT2D eigenvalue weighted by Crippen LogP contribution is 2.33. The fourth-order valence-electron chi connectivity index (χ4n) is 3.07. The number of aromatic nitrogens is 3. The molecule has 0 aliphatic heterocycles. The molecule has 1 aromatic heterocycles. The summed E-state index contributed by atoms with van der Waals surface area (Å²) in [6.45, 7) is 0. The van der Waals surface area contributed by atoms with Gasteiger partial charge in [0.15, 0.2) is 16.8 Å². The Kier molecular flexibility index (Phi) is 6.16. The molecular formula is C23H18ClN3O2S. The zero-order chi connectivity index (χ0) is 20.9. The lowest BCUT2D eigenvalue weighted by Gasteiger charge is -2.12. The molecule has 3 aromatic carbocycles. The van der Waals surface area contributed by atoms with E-state index < -0.39 is 0 Å². The number of carbonyl (C=O) groups excluding carboxylic acids is 1. The molecule has 0 atom stereocenters. The van der Waals surface area contributed by atoms with Crippen molar-refractivity contribution >= 4 is 29.1 Å². The average molecular weight is 436 g/mol. The van der Waals surface area contributed by atoms with Gasteiger partial charge in [-0.1, -0.05) is 65.8 Å². The lowest BCUT2D eigenvalue weighted by Crippen LogP contribution is -2.05. The van der Waals surface area contributed by atoms with Gasteiger partial charge in [-0.3, -0.25) is 9.36 Å². The second-order valence-electron chi connectivity index (χ2n) is 6.37. The molecule has 0 saturated heterocycles. The second kappa shape index (κ2) is 9.15. The highest BCUT2D eigenvalue weighted by molar-refractivity contribution is 7.99. The molecule has 30 heavy (non-hydrogen) atoms. The van der Waals surface area contributed by atoms with Gasteiger partial charge in [-0.25, -0.2) is 0 Å². The number of ketones is 1. The molecule has 1 heterocycles. The summed E-state index contributed by atoms with van der Waals surface area (Å²) < 4.78 is 7.45. The van der Waals surface area contributed by atoms with E-state index in [4.69, 9.17) is 16.3 Å². The van der Waals surface area contributed by atoms with Crippen molar-refractivity contribution < 1.29 is 9.53 Å². The SMILES string of the molecule is COc1ccccc1-c1nnc(SCC(=O)c2ccccc2Cl)n1-c1ccccc1. The molecule has 4 aromatic rings. The average Bonchev–Trinajstić information content (AvgIpc) is 3.22. The number of Topliss-reactive ketones (excluding diaryl/α,β-unsaturated/α-hetero) is 1. The van der Waals surface area contributed by atoms with Gasteiger partial charge in [-0.05, 0) is 36.4 Å². The van der Waals surface area contributed by atoms with Crippen molar-refractivity contribution in [3.8, 4) is 22.8 Å². The zero-order valence-electron chi connectivity index (χ0n) is 16.2. The van der Waals surface area contributed by atoms with E-state index in [0.29, 0.717) is 27.3 Å². The minimum Gasteiger partial charge on any atom is -0.496 e. The smallest absolute Gasteiger partial charge is 0.196 e. The highest BCUT2D eigenvalue weighted by Gasteiger charge is 2.20. The number of para-hydroxylation sites is 2. The maximum absolute atomic E-state index is 12.7. The van der Waals surface area contributed by atoms with Crippen molar-refractivity contribution in [2.75, 3.05) is 12.9 Å². The third-order valence-electron chi connectivity index (χ3n) is 4.50. The minimum atomic E-state index is -0.0629. The van der Waals surface area contributed by atoms with Crippen LogP contribution in [-0.4, -0.2) is 33.4 Å². The molecule has 5 nitrogen and oxygen atoms in total. The normalized spacial score (nSPS) is 10.7. The van der Waals surface area contributed by atoms with Crippen LogP contribution in [0.5, 0.6) is 5.75 Å². The number of methoxy groups -OCH3 is 1. The Bertz CT molecular complexity index is 1180. The van der Waals surface area contributed by atoms with Gasteiger partial charge >= 0.3 is 0 Å². The number of ether oxygens (including phenoxy) is 1. The van der Waals surface area contributed by atoms with Crippen LogP contribution in [0.25, 0.3) is 17.1 Å². The lowest BCUT2D eigenvalue weighted by molar-refractivity contribution is 0.102. The minimum absolute atomic E-state index is 0.0629. The van der Waals surface area contributed by atoms with E-state index in [-0.39, 0.29) is 11.5 Å². The molecule has 0 bridgehead atoms. The van der Waals surface area contributed by atoms with Crippen molar-refractivity contribution in [1.29, 1.82) is 0 Å². The number of hydrogen-bond acceptors (Lipinski definition) is 5. The number of hydrogen-bond donors (Lipinski definition) is 0. The monoisotopic (exact) mass is 435 g/mol. The standard InChI is InChI=1S/C23H18ClN3O2S/c1-29-21-14-8-6-12-18(21)22-25-26-23(27(22)16-9-3-2-4-10-16)30-15-20(28)17-11-5-7-13-19(17)24/h2-14H,15H2,1H3. The fraction of sp³-hybridized carbons (Fsp3) is 0.0870. The van der Waals surface area contributed by atoms with E-state index in [1.807, 2.05) is 59.2 Å². The molecule has 0 fully saturated rings. The number of benzene rings is 3. The Morgan fingerprint density at radius 3 is 2.43 bits per heavy atom. The molecule has 0 amide bonds. The molecule has 150 valence electrons. The van der Waals surface area contributed by atoms with Gasteiger partial charge in [-0.15, -0.1) is 10.2 Å². The number of nitrogens with zero attached hydrogens (tertiary/aromatic N) is 3. The van der Waals surface area contributed by atoms with Crippen LogP contribution in [0.4, 0.5) is 0 Å². The summed E-state index contributed by atoms with van der Waals surface area (Å²) in [4.78, 5) is 12.7. The van der Waals surface area contributed by atoms with Crippen LogP contribution in [0.15, 0.2) is 84.0 Å². The summed E-state index contributed by atoms with van der Waals surface area (Å²) in [7, 11) is 1.62. The van der Waals surface area contributed by atoms with Crippen LogP contribution in [0.3, 0.4) is 0 Å². The first kappa shape index (κ1) is 20.2. The summed E-state index contributed by atoms with van der Waals surface area (Å²) in [6.07, 6.45) is 0.